The summed E-state index contributed by atoms with van der Waals surface area (Å²) in [5, 5.41) is 3.46. The van der Waals surface area contributed by atoms with Crippen LogP contribution in [0.1, 0.15) is 25.7 Å². The van der Waals surface area contributed by atoms with Crippen LogP contribution in [0.15, 0.2) is 23.8 Å². The van der Waals surface area contributed by atoms with Crippen LogP contribution in [0.2, 0.25) is 0 Å². The summed E-state index contributed by atoms with van der Waals surface area (Å²) in [6, 6.07) is 0.229. The molecule has 3 aliphatic rings. The van der Waals surface area contributed by atoms with Crippen molar-refractivity contribution in [1.82, 2.24) is 5.32 Å². The van der Waals surface area contributed by atoms with E-state index in [1.807, 2.05) is 12.2 Å². The average molecular weight is 217 g/mol. The maximum Gasteiger partial charge on any atom is 0.172 e. The Labute approximate surface area is 94.6 Å². The number of fused-ring (bicyclic) bond motifs is 2. The SMILES string of the molecule is O=C1CCCC2NC3CC=CC=C3C(=O)C12. The number of Topliss-reactive ketones (excluding diaryl/α,β-unsaturated/α-hetero) is 2. The van der Waals surface area contributed by atoms with Crippen molar-refractivity contribution in [3.63, 3.8) is 0 Å². The van der Waals surface area contributed by atoms with Gasteiger partial charge in [0.15, 0.2) is 5.78 Å². The number of hydrogen-bond acceptors (Lipinski definition) is 3. The van der Waals surface area contributed by atoms with E-state index < -0.39 is 5.92 Å². The van der Waals surface area contributed by atoms with Gasteiger partial charge in [0.2, 0.25) is 0 Å². The molecule has 0 radical (unpaired) electrons. The minimum atomic E-state index is -0.400. The van der Waals surface area contributed by atoms with Crippen LogP contribution in [0.5, 0.6) is 0 Å². The fourth-order valence-electron chi connectivity index (χ4n) is 3.03. The van der Waals surface area contributed by atoms with Gasteiger partial charge < -0.3 is 5.32 Å². The highest BCUT2D eigenvalue weighted by molar-refractivity contribution is 6.12. The average Bonchev–Trinajstić information content (AvgIpc) is 2.29. The van der Waals surface area contributed by atoms with Crippen LogP contribution in [0.4, 0.5) is 0 Å². The number of nitrogens with one attached hydrogen (secondary N) is 1. The molecule has 3 rings (SSSR count). The fourth-order valence-corrected chi connectivity index (χ4v) is 3.03. The summed E-state index contributed by atoms with van der Waals surface area (Å²) < 4.78 is 0. The van der Waals surface area contributed by atoms with E-state index in [-0.39, 0.29) is 23.7 Å². The fraction of sp³-hybridized carbons (Fsp3) is 0.538. The molecule has 1 saturated carbocycles. The third-order valence-corrected chi connectivity index (χ3v) is 3.83. The smallest absolute Gasteiger partial charge is 0.172 e. The lowest BCUT2D eigenvalue weighted by atomic mass is 9.73. The number of piperidine rings is 1. The highest BCUT2D eigenvalue weighted by Gasteiger charge is 2.44. The first-order chi connectivity index (χ1) is 7.77. The third-order valence-electron chi connectivity index (χ3n) is 3.83. The number of ketones is 2. The predicted molar refractivity (Wildman–Crippen MR) is 59.9 cm³/mol. The minimum Gasteiger partial charge on any atom is -0.306 e. The standard InChI is InChI=1S/C13H15NO2/c15-11-7-3-6-10-12(11)13(16)8-4-1-2-5-9(8)14-10/h1-2,4,9-10,12,14H,3,5-7H2. The zero-order valence-corrected chi connectivity index (χ0v) is 9.11. The van der Waals surface area contributed by atoms with E-state index in [0.717, 1.165) is 24.8 Å². The van der Waals surface area contributed by atoms with Gasteiger partial charge in [-0.05, 0) is 19.3 Å². The lowest BCUT2D eigenvalue weighted by molar-refractivity contribution is -0.135. The summed E-state index contributed by atoms with van der Waals surface area (Å²) >= 11 is 0. The van der Waals surface area contributed by atoms with Gasteiger partial charge in [-0.15, -0.1) is 0 Å². The Hall–Kier alpha value is -1.22. The second-order valence-corrected chi connectivity index (χ2v) is 4.81. The first-order valence-electron chi connectivity index (χ1n) is 5.97. The molecule has 3 unspecified atom stereocenters. The molecule has 0 amide bonds. The van der Waals surface area contributed by atoms with Gasteiger partial charge in [0, 0.05) is 24.1 Å². The molecule has 84 valence electrons. The zero-order chi connectivity index (χ0) is 11.1. The molecule has 16 heavy (non-hydrogen) atoms. The monoisotopic (exact) mass is 217 g/mol. The number of hydrogen-bond donors (Lipinski definition) is 1. The van der Waals surface area contributed by atoms with Crippen LogP contribution in [0, 0.1) is 5.92 Å². The normalized spacial score (nSPS) is 37.8. The lowest BCUT2D eigenvalue weighted by Gasteiger charge is -2.40. The summed E-state index contributed by atoms with van der Waals surface area (Å²) in [6.45, 7) is 0. The quantitative estimate of drug-likeness (QED) is 0.619. The second kappa shape index (κ2) is 3.67. The van der Waals surface area contributed by atoms with Crippen molar-refractivity contribution in [3.8, 4) is 0 Å². The van der Waals surface area contributed by atoms with E-state index in [9.17, 15) is 9.59 Å². The zero-order valence-electron chi connectivity index (χ0n) is 9.11. The molecule has 1 heterocycles. The van der Waals surface area contributed by atoms with E-state index in [1.165, 1.54) is 0 Å². The summed E-state index contributed by atoms with van der Waals surface area (Å²) in [5.41, 5.74) is 0.805. The first kappa shape index (κ1) is 9.97. The highest BCUT2D eigenvalue weighted by atomic mass is 16.2. The van der Waals surface area contributed by atoms with Gasteiger partial charge in [-0.25, -0.2) is 0 Å². The molecular weight excluding hydrogens is 202 g/mol. The van der Waals surface area contributed by atoms with Crippen molar-refractivity contribution in [2.75, 3.05) is 0 Å². The Morgan fingerprint density at radius 3 is 3.06 bits per heavy atom. The summed E-state index contributed by atoms with van der Waals surface area (Å²) in [7, 11) is 0. The van der Waals surface area contributed by atoms with Crippen molar-refractivity contribution >= 4 is 11.6 Å². The number of carbonyl (C=O) groups is 2. The number of rotatable bonds is 0. The van der Waals surface area contributed by atoms with E-state index in [4.69, 9.17) is 0 Å². The molecule has 1 saturated heterocycles. The van der Waals surface area contributed by atoms with Gasteiger partial charge in [0.25, 0.3) is 0 Å². The Balaban J connectivity index is 1.95. The van der Waals surface area contributed by atoms with Gasteiger partial charge in [0.1, 0.15) is 5.78 Å². The Bertz CT molecular complexity index is 408. The van der Waals surface area contributed by atoms with Gasteiger partial charge in [0.05, 0.1) is 5.92 Å². The number of allylic oxidation sites excluding steroid dienone is 2. The van der Waals surface area contributed by atoms with Crippen LogP contribution >= 0.6 is 0 Å². The second-order valence-electron chi connectivity index (χ2n) is 4.81. The molecule has 1 N–H and O–H groups in total. The number of carbonyl (C=O) groups excluding carboxylic acids is 2. The summed E-state index contributed by atoms with van der Waals surface area (Å²) in [5.74, 6) is -0.201. The van der Waals surface area contributed by atoms with E-state index in [2.05, 4.69) is 11.4 Å². The van der Waals surface area contributed by atoms with Crippen molar-refractivity contribution < 1.29 is 9.59 Å². The molecule has 3 nitrogen and oxygen atoms in total. The summed E-state index contributed by atoms with van der Waals surface area (Å²) in [4.78, 5) is 24.0. The predicted octanol–water partition coefficient (Wildman–Crippen LogP) is 1.15. The van der Waals surface area contributed by atoms with Crippen LogP contribution in [0.25, 0.3) is 0 Å². The first-order valence-corrected chi connectivity index (χ1v) is 5.97. The molecule has 0 bridgehead atoms. The van der Waals surface area contributed by atoms with Crippen molar-refractivity contribution in [2.24, 2.45) is 5.92 Å². The Morgan fingerprint density at radius 2 is 2.19 bits per heavy atom. The molecule has 3 heteroatoms. The third kappa shape index (κ3) is 1.39. The topological polar surface area (TPSA) is 46.2 Å². The molecule has 0 aromatic carbocycles. The molecule has 1 aliphatic heterocycles. The van der Waals surface area contributed by atoms with Crippen LogP contribution in [-0.4, -0.2) is 23.7 Å². The van der Waals surface area contributed by atoms with E-state index >= 15 is 0 Å². The molecule has 0 aromatic rings. The van der Waals surface area contributed by atoms with Gasteiger partial charge in [-0.3, -0.25) is 9.59 Å². The van der Waals surface area contributed by atoms with Gasteiger partial charge >= 0.3 is 0 Å². The van der Waals surface area contributed by atoms with Gasteiger partial charge in [-0.2, -0.15) is 0 Å². The largest absolute Gasteiger partial charge is 0.306 e. The lowest BCUT2D eigenvalue weighted by Crippen LogP contribution is -2.57. The van der Waals surface area contributed by atoms with Crippen molar-refractivity contribution in [2.45, 2.75) is 37.8 Å². The van der Waals surface area contributed by atoms with Crippen molar-refractivity contribution in [1.29, 1.82) is 0 Å². The Kier molecular flexibility index (Phi) is 2.28. The maximum absolute atomic E-state index is 12.2. The van der Waals surface area contributed by atoms with E-state index in [0.29, 0.717) is 6.42 Å². The molecule has 0 aromatic heterocycles. The van der Waals surface area contributed by atoms with Crippen LogP contribution < -0.4 is 5.32 Å². The molecule has 3 atom stereocenters. The summed E-state index contributed by atoms with van der Waals surface area (Å²) in [6.07, 6.45) is 9.16. The van der Waals surface area contributed by atoms with Crippen molar-refractivity contribution in [3.05, 3.63) is 23.8 Å². The molecule has 2 fully saturated rings. The van der Waals surface area contributed by atoms with Crippen LogP contribution in [0.3, 0.4) is 0 Å². The van der Waals surface area contributed by atoms with Crippen LogP contribution in [-0.2, 0) is 9.59 Å². The maximum atomic E-state index is 12.2. The Morgan fingerprint density at radius 1 is 1.31 bits per heavy atom. The van der Waals surface area contributed by atoms with E-state index in [1.54, 1.807) is 0 Å². The highest BCUT2D eigenvalue weighted by Crippen LogP contribution is 2.32. The molecule has 0 spiro atoms. The molecule has 2 aliphatic carbocycles. The van der Waals surface area contributed by atoms with Gasteiger partial charge in [-0.1, -0.05) is 18.2 Å². The minimum absolute atomic E-state index is 0.0720. The molecular formula is C13H15NO2.